The summed E-state index contributed by atoms with van der Waals surface area (Å²) in [6.07, 6.45) is 1.83. The van der Waals surface area contributed by atoms with E-state index in [1.165, 1.54) is 16.9 Å². The average molecular weight is 414 g/mol. The number of pyridine rings is 1. The zero-order valence-electron chi connectivity index (χ0n) is 10.3. The standard InChI is InChI=1S/C13H13BN3.Ir/c1-10-6-5-9-15-13(10)17-12-8-4-3-7-11(12)16(2)14-17;/h3-9H,1-2H3;. The second kappa shape index (κ2) is 5.13. The van der Waals surface area contributed by atoms with Gasteiger partial charge in [0.15, 0.2) is 0 Å². The molecule has 3 rings (SSSR count). The summed E-state index contributed by atoms with van der Waals surface area (Å²) in [4.78, 5) is 8.71. The van der Waals surface area contributed by atoms with Crippen molar-refractivity contribution in [3.63, 3.8) is 0 Å². The molecule has 92 valence electrons. The van der Waals surface area contributed by atoms with Gasteiger partial charge < -0.3 is 9.62 Å². The van der Waals surface area contributed by atoms with Crippen molar-refractivity contribution in [1.29, 1.82) is 0 Å². The van der Waals surface area contributed by atoms with Gasteiger partial charge in [-0.1, -0.05) is 18.2 Å². The number of para-hydroxylation sites is 2. The Bertz CT molecular complexity index is 561. The van der Waals surface area contributed by atoms with Gasteiger partial charge in [-0.25, -0.2) is 4.98 Å². The molecule has 0 aliphatic carbocycles. The normalized spacial score (nSPS) is 12.8. The van der Waals surface area contributed by atoms with Crippen LogP contribution in [0, 0.1) is 6.92 Å². The molecule has 0 fully saturated rings. The molecule has 2 radical (unpaired) electrons. The summed E-state index contributed by atoms with van der Waals surface area (Å²) in [5, 5.41) is 0. The van der Waals surface area contributed by atoms with Crippen LogP contribution >= 0.6 is 0 Å². The Hall–Kier alpha value is -1.32. The van der Waals surface area contributed by atoms with E-state index < -0.39 is 0 Å². The Morgan fingerprint density at radius 3 is 2.50 bits per heavy atom. The Kier molecular flexibility index (Phi) is 3.74. The van der Waals surface area contributed by atoms with Crippen molar-refractivity contribution in [3.8, 4) is 0 Å². The van der Waals surface area contributed by atoms with Crippen LogP contribution in [-0.2, 0) is 20.1 Å². The fraction of sp³-hybridized carbons (Fsp3) is 0.154. The second-order valence-electron chi connectivity index (χ2n) is 4.23. The average Bonchev–Trinajstić information content (AvgIpc) is 2.68. The van der Waals surface area contributed by atoms with Gasteiger partial charge in [0.25, 0.3) is 0 Å². The second-order valence-corrected chi connectivity index (χ2v) is 4.23. The van der Waals surface area contributed by atoms with Crippen molar-refractivity contribution in [2.24, 2.45) is 0 Å². The van der Waals surface area contributed by atoms with Gasteiger partial charge in [-0.05, 0) is 37.7 Å². The first-order chi connectivity index (χ1) is 8.27. The van der Waals surface area contributed by atoms with Gasteiger partial charge in [0.05, 0.1) is 5.69 Å². The van der Waals surface area contributed by atoms with Gasteiger partial charge in [0.1, 0.15) is 5.82 Å². The predicted octanol–water partition coefficient (Wildman–Crippen LogP) is 2.51. The van der Waals surface area contributed by atoms with Crippen LogP contribution in [0.25, 0.3) is 0 Å². The molecular weight excluding hydrogens is 401 g/mol. The molecule has 1 aliphatic heterocycles. The predicted molar refractivity (Wildman–Crippen MR) is 71.7 cm³/mol. The maximum absolute atomic E-state index is 4.46. The Morgan fingerprint density at radius 1 is 1.06 bits per heavy atom. The van der Waals surface area contributed by atoms with Gasteiger partial charge >= 0.3 is 7.55 Å². The number of hydrogen-bond donors (Lipinski definition) is 0. The summed E-state index contributed by atoms with van der Waals surface area (Å²) >= 11 is 0. The number of fused-ring (bicyclic) bond motifs is 1. The quantitative estimate of drug-likeness (QED) is 0.669. The molecule has 5 heteroatoms. The minimum Gasteiger partial charge on any atom is -0.400 e. The number of rotatable bonds is 1. The molecule has 0 spiro atoms. The van der Waals surface area contributed by atoms with Gasteiger partial charge in [-0.15, -0.1) is 0 Å². The van der Waals surface area contributed by atoms with E-state index in [0.29, 0.717) is 0 Å². The summed E-state index contributed by atoms with van der Waals surface area (Å²) in [6, 6.07) is 12.4. The van der Waals surface area contributed by atoms with Crippen molar-refractivity contribution < 1.29 is 20.1 Å². The zero-order chi connectivity index (χ0) is 11.8. The maximum Gasteiger partial charge on any atom is 0.397 e. The molecule has 1 aliphatic rings. The third-order valence-electron chi connectivity index (χ3n) is 3.02. The van der Waals surface area contributed by atoms with E-state index in [2.05, 4.69) is 66.5 Å². The molecule has 0 saturated heterocycles. The summed E-state index contributed by atoms with van der Waals surface area (Å²) in [5.74, 6) is 0.990. The van der Waals surface area contributed by atoms with Gasteiger partial charge in [0.2, 0.25) is 0 Å². The first-order valence-corrected chi connectivity index (χ1v) is 5.65. The smallest absolute Gasteiger partial charge is 0.397 e. The van der Waals surface area contributed by atoms with Gasteiger partial charge in [-0.2, -0.15) is 0 Å². The molecule has 0 N–H and O–H groups in total. The molecule has 2 heterocycles. The van der Waals surface area contributed by atoms with Crippen LogP contribution in [-0.4, -0.2) is 19.6 Å². The fourth-order valence-corrected chi connectivity index (χ4v) is 2.16. The van der Waals surface area contributed by atoms with Crippen molar-refractivity contribution in [3.05, 3.63) is 48.2 Å². The molecule has 1 aromatic carbocycles. The Balaban J connectivity index is 0.00000120. The first kappa shape index (κ1) is 13.1. The van der Waals surface area contributed by atoms with E-state index in [0.717, 1.165) is 5.82 Å². The molecule has 0 amide bonds. The van der Waals surface area contributed by atoms with Gasteiger partial charge in [0, 0.05) is 32.0 Å². The van der Waals surface area contributed by atoms with Crippen LogP contribution in [0.1, 0.15) is 5.56 Å². The monoisotopic (exact) mass is 415 g/mol. The first-order valence-electron chi connectivity index (χ1n) is 5.65. The third-order valence-corrected chi connectivity index (χ3v) is 3.02. The van der Waals surface area contributed by atoms with E-state index >= 15 is 0 Å². The largest absolute Gasteiger partial charge is 0.400 e. The third kappa shape index (κ3) is 2.04. The zero-order valence-corrected chi connectivity index (χ0v) is 12.7. The molecule has 3 nitrogen and oxygen atoms in total. The number of aryl methyl sites for hydroxylation is 1. The van der Waals surface area contributed by atoms with Crippen molar-refractivity contribution in [2.45, 2.75) is 6.92 Å². The molecular formula is C13H13BIrN3. The van der Waals surface area contributed by atoms with E-state index in [1.807, 2.05) is 12.3 Å². The van der Waals surface area contributed by atoms with Crippen LogP contribution in [0.2, 0.25) is 0 Å². The van der Waals surface area contributed by atoms with Crippen molar-refractivity contribution in [2.75, 3.05) is 16.7 Å². The van der Waals surface area contributed by atoms with Crippen LogP contribution in [0.4, 0.5) is 17.2 Å². The van der Waals surface area contributed by atoms with Crippen LogP contribution in [0.5, 0.6) is 0 Å². The molecule has 0 atom stereocenters. The molecule has 0 saturated carbocycles. The number of anilines is 3. The number of hydrogen-bond acceptors (Lipinski definition) is 3. The SMILES string of the molecule is Cc1cccnc1N1[B]N(C)c2ccccc21.[Ir]. The number of benzene rings is 1. The minimum absolute atomic E-state index is 0. The van der Waals surface area contributed by atoms with E-state index in [1.54, 1.807) is 0 Å². The summed E-state index contributed by atoms with van der Waals surface area (Å²) in [6.45, 7) is 2.08. The van der Waals surface area contributed by atoms with E-state index in [4.69, 9.17) is 0 Å². The molecule has 18 heavy (non-hydrogen) atoms. The van der Waals surface area contributed by atoms with Crippen LogP contribution in [0.3, 0.4) is 0 Å². The Morgan fingerprint density at radius 2 is 1.78 bits per heavy atom. The molecule has 0 unspecified atom stereocenters. The van der Waals surface area contributed by atoms with Crippen molar-refractivity contribution >= 4 is 24.7 Å². The Labute approximate surface area is 121 Å². The minimum atomic E-state index is 0. The summed E-state index contributed by atoms with van der Waals surface area (Å²) in [7, 11) is 4.12. The summed E-state index contributed by atoms with van der Waals surface area (Å²) < 4.78 is 0. The van der Waals surface area contributed by atoms with Crippen molar-refractivity contribution in [1.82, 2.24) is 4.98 Å². The van der Waals surface area contributed by atoms with E-state index in [9.17, 15) is 0 Å². The fourth-order valence-electron chi connectivity index (χ4n) is 2.16. The topological polar surface area (TPSA) is 19.4 Å². The molecule has 0 bridgehead atoms. The van der Waals surface area contributed by atoms with Crippen LogP contribution < -0.4 is 9.62 Å². The number of aromatic nitrogens is 1. The molecule has 2 aromatic rings. The summed E-state index contributed by atoms with van der Waals surface area (Å²) in [5.41, 5.74) is 3.56. The van der Waals surface area contributed by atoms with Gasteiger partial charge in [-0.3, -0.25) is 0 Å². The van der Waals surface area contributed by atoms with Crippen LogP contribution in [0.15, 0.2) is 42.6 Å². The number of nitrogens with zero attached hydrogens (tertiary/aromatic N) is 3. The maximum atomic E-state index is 4.46. The van der Waals surface area contributed by atoms with E-state index in [-0.39, 0.29) is 20.1 Å². The molecule has 1 aromatic heterocycles.